The summed E-state index contributed by atoms with van der Waals surface area (Å²) in [4.78, 5) is 32.8. The van der Waals surface area contributed by atoms with Gasteiger partial charge in [-0.2, -0.15) is 0 Å². The van der Waals surface area contributed by atoms with Crippen molar-refractivity contribution in [1.29, 1.82) is 0 Å². The number of aliphatic hydroxyl groups is 4. The first kappa shape index (κ1) is 19.4. The van der Waals surface area contributed by atoms with Crippen LogP contribution in [0.25, 0.3) is 0 Å². The summed E-state index contributed by atoms with van der Waals surface area (Å²) in [6.07, 6.45) is -5.82. The van der Waals surface area contributed by atoms with Crippen LogP contribution in [0.2, 0.25) is 0 Å². The van der Waals surface area contributed by atoms with Gasteiger partial charge in [0.05, 0.1) is 12.6 Å². The third-order valence-corrected chi connectivity index (χ3v) is 2.76. The van der Waals surface area contributed by atoms with Gasteiger partial charge in [-0.3, -0.25) is 9.59 Å². The van der Waals surface area contributed by atoms with Gasteiger partial charge in [0.15, 0.2) is 0 Å². The van der Waals surface area contributed by atoms with Crippen molar-refractivity contribution < 1.29 is 39.9 Å². The molecule has 10 nitrogen and oxygen atoms in total. The molecule has 122 valence electrons. The first-order chi connectivity index (χ1) is 9.74. The maximum atomic E-state index is 11.6. The highest BCUT2D eigenvalue weighted by atomic mass is 16.4. The van der Waals surface area contributed by atoms with Crippen LogP contribution in [0.15, 0.2) is 0 Å². The first-order valence-corrected chi connectivity index (χ1v) is 6.12. The number of carbonyl (C=O) groups excluding carboxylic acids is 2. The number of nitrogens with two attached hydrogens (primary N) is 1. The minimum absolute atomic E-state index is 0.125. The van der Waals surface area contributed by atoms with E-state index in [1.807, 2.05) is 5.32 Å². The zero-order chi connectivity index (χ0) is 16.6. The predicted molar refractivity (Wildman–Crippen MR) is 67.9 cm³/mol. The summed E-state index contributed by atoms with van der Waals surface area (Å²) in [5.41, 5.74) is 5.41. The smallest absolute Gasteiger partial charge is 0.303 e. The van der Waals surface area contributed by atoms with Crippen LogP contribution in [0.5, 0.6) is 0 Å². The molecule has 0 aromatic rings. The number of aldehydes is 1. The second kappa shape index (κ2) is 9.37. The molecular formula is C11H20N2O8. The third kappa shape index (κ3) is 6.60. The van der Waals surface area contributed by atoms with E-state index < -0.39 is 48.9 Å². The number of aliphatic carboxylic acids is 1. The number of carboxylic acids is 1. The SMILES string of the molecule is N[C@@H](CCC(=O)O)C(=O)N[C@@H](C=O)[C@@H](O)[C@H](O)[C@H](O)CO. The summed E-state index contributed by atoms with van der Waals surface area (Å²) in [5.74, 6) is -2.04. The Kier molecular flexibility index (Phi) is 8.66. The van der Waals surface area contributed by atoms with E-state index >= 15 is 0 Å². The molecule has 0 heterocycles. The van der Waals surface area contributed by atoms with Crippen molar-refractivity contribution in [2.45, 2.75) is 43.2 Å². The van der Waals surface area contributed by atoms with Crippen LogP contribution in [-0.4, -0.2) is 80.7 Å². The number of nitrogens with one attached hydrogen (secondary N) is 1. The summed E-state index contributed by atoms with van der Waals surface area (Å²) < 4.78 is 0. The lowest BCUT2D eigenvalue weighted by Gasteiger charge is -2.27. The Morgan fingerprint density at radius 2 is 1.76 bits per heavy atom. The van der Waals surface area contributed by atoms with Crippen LogP contribution in [0, 0.1) is 0 Å². The van der Waals surface area contributed by atoms with Gasteiger partial charge in [0.25, 0.3) is 0 Å². The average molecular weight is 308 g/mol. The lowest BCUT2D eigenvalue weighted by Crippen LogP contribution is -2.56. The standard InChI is InChI=1S/C11H20N2O8/c12-5(1-2-8(17)18)11(21)13-6(3-14)9(19)10(20)7(16)4-15/h3,5-7,9-10,15-16,19-20H,1-2,4,12H2,(H,13,21)(H,17,18)/t5-,6-,7+,9+,10+/m0/s1. The molecule has 0 fully saturated rings. The van der Waals surface area contributed by atoms with Crippen LogP contribution in [-0.2, 0) is 14.4 Å². The fourth-order valence-electron chi connectivity index (χ4n) is 1.43. The molecule has 0 aliphatic rings. The minimum Gasteiger partial charge on any atom is -0.481 e. The number of hydrogen-bond donors (Lipinski definition) is 7. The highest BCUT2D eigenvalue weighted by Crippen LogP contribution is 2.05. The quantitative estimate of drug-likeness (QED) is 0.197. The fourth-order valence-corrected chi connectivity index (χ4v) is 1.43. The highest BCUT2D eigenvalue weighted by molar-refractivity contribution is 5.84. The Balaban J connectivity index is 4.57. The van der Waals surface area contributed by atoms with Crippen molar-refractivity contribution in [3.8, 4) is 0 Å². The van der Waals surface area contributed by atoms with E-state index in [1.54, 1.807) is 0 Å². The summed E-state index contributed by atoms with van der Waals surface area (Å²) in [7, 11) is 0. The molecule has 0 aliphatic heterocycles. The molecule has 0 radical (unpaired) electrons. The Morgan fingerprint density at radius 1 is 1.19 bits per heavy atom. The molecule has 0 aromatic carbocycles. The number of hydrogen-bond acceptors (Lipinski definition) is 8. The van der Waals surface area contributed by atoms with E-state index in [0.717, 1.165) is 0 Å². The van der Waals surface area contributed by atoms with Crippen molar-refractivity contribution >= 4 is 18.2 Å². The number of rotatable bonds is 10. The van der Waals surface area contributed by atoms with Crippen LogP contribution >= 0.6 is 0 Å². The van der Waals surface area contributed by atoms with Crippen molar-refractivity contribution in [1.82, 2.24) is 5.32 Å². The molecule has 1 amide bonds. The van der Waals surface area contributed by atoms with E-state index in [4.69, 9.17) is 21.1 Å². The molecule has 10 heteroatoms. The Hall–Kier alpha value is -1.59. The molecule has 0 aromatic heterocycles. The number of aliphatic hydroxyl groups excluding tert-OH is 4. The molecule has 0 bridgehead atoms. The molecule has 0 saturated heterocycles. The Bertz CT molecular complexity index is 364. The minimum atomic E-state index is -1.86. The van der Waals surface area contributed by atoms with E-state index in [-0.39, 0.29) is 19.1 Å². The van der Waals surface area contributed by atoms with Crippen LogP contribution in [0.3, 0.4) is 0 Å². The van der Waals surface area contributed by atoms with Gasteiger partial charge < -0.3 is 41.4 Å². The van der Waals surface area contributed by atoms with Crippen molar-refractivity contribution in [2.24, 2.45) is 5.73 Å². The fraction of sp³-hybridized carbons (Fsp3) is 0.727. The Labute approximate surface area is 120 Å². The maximum absolute atomic E-state index is 11.6. The molecule has 0 aliphatic carbocycles. The molecule has 8 N–H and O–H groups in total. The highest BCUT2D eigenvalue weighted by Gasteiger charge is 2.32. The van der Waals surface area contributed by atoms with Gasteiger partial charge >= 0.3 is 5.97 Å². The second-order valence-corrected chi connectivity index (χ2v) is 4.44. The predicted octanol–water partition coefficient (Wildman–Crippen LogP) is -4.06. The third-order valence-electron chi connectivity index (χ3n) is 2.76. The van der Waals surface area contributed by atoms with Crippen LogP contribution in [0.1, 0.15) is 12.8 Å². The van der Waals surface area contributed by atoms with E-state index in [0.29, 0.717) is 0 Å². The average Bonchev–Trinajstić information content (AvgIpc) is 2.47. The maximum Gasteiger partial charge on any atom is 0.303 e. The lowest BCUT2D eigenvalue weighted by molar-refractivity contribution is -0.137. The largest absolute Gasteiger partial charge is 0.481 e. The van der Waals surface area contributed by atoms with Gasteiger partial charge in [-0.1, -0.05) is 0 Å². The number of carbonyl (C=O) groups is 3. The molecule has 0 rings (SSSR count). The summed E-state index contributed by atoms with van der Waals surface area (Å²) >= 11 is 0. The molecule has 0 saturated carbocycles. The Morgan fingerprint density at radius 3 is 2.19 bits per heavy atom. The first-order valence-electron chi connectivity index (χ1n) is 6.12. The van der Waals surface area contributed by atoms with E-state index in [2.05, 4.69) is 0 Å². The zero-order valence-corrected chi connectivity index (χ0v) is 11.1. The van der Waals surface area contributed by atoms with Gasteiger partial charge in [0.2, 0.25) is 5.91 Å². The molecule has 5 atom stereocenters. The van der Waals surface area contributed by atoms with Crippen LogP contribution in [0.4, 0.5) is 0 Å². The normalized spacial score (nSPS) is 18.1. The van der Waals surface area contributed by atoms with Gasteiger partial charge in [-0.15, -0.1) is 0 Å². The van der Waals surface area contributed by atoms with E-state index in [9.17, 15) is 24.6 Å². The lowest BCUT2D eigenvalue weighted by atomic mass is 10.0. The molecular weight excluding hydrogens is 288 g/mol. The van der Waals surface area contributed by atoms with E-state index in [1.165, 1.54) is 0 Å². The van der Waals surface area contributed by atoms with Gasteiger partial charge in [-0.05, 0) is 6.42 Å². The van der Waals surface area contributed by atoms with Gasteiger partial charge in [0, 0.05) is 6.42 Å². The number of carboxylic acid groups (broad SMARTS) is 1. The van der Waals surface area contributed by atoms with Crippen LogP contribution < -0.4 is 11.1 Å². The van der Waals surface area contributed by atoms with Crippen molar-refractivity contribution in [2.75, 3.05) is 6.61 Å². The summed E-state index contributed by atoms with van der Waals surface area (Å²) in [6.45, 7) is -0.851. The molecule has 0 unspecified atom stereocenters. The summed E-state index contributed by atoms with van der Waals surface area (Å²) in [5, 5.41) is 47.3. The zero-order valence-electron chi connectivity index (χ0n) is 11.1. The van der Waals surface area contributed by atoms with Gasteiger partial charge in [-0.25, -0.2) is 0 Å². The molecule has 0 spiro atoms. The number of amides is 1. The second-order valence-electron chi connectivity index (χ2n) is 4.44. The van der Waals surface area contributed by atoms with Gasteiger partial charge in [0.1, 0.15) is 30.6 Å². The molecule has 21 heavy (non-hydrogen) atoms. The van der Waals surface area contributed by atoms with Crippen molar-refractivity contribution in [3.63, 3.8) is 0 Å². The van der Waals surface area contributed by atoms with Crippen molar-refractivity contribution in [3.05, 3.63) is 0 Å². The topological polar surface area (TPSA) is 190 Å². The monoisotopic (exact) mass is 308 g/mol. The summed E-state index contributed by atoms with van der Waals surface area (Å²) in [6, 6.07) is -2.78.